The summed E-state index contributed by atoms with van der Waals surface area (Å²) in [6.45, 7) is 8.10. The highest BCUT2D eigenvalue weighted by atomic mass is 32.1. The van der Waals surface area contributed by atoms with Crippen molar-refractivity contribution in [1.29, 1.82) is 0 Å². The number of hydrogen-bond donors (Lipinski definition) is 1. The lowest BCUT2D eigenvalue weighted by atomic mass is 10.1. The highest BCUT2D eigenvalue weighted by Crippen LogP contribution is 2.17. The molecule has 1 aromatic heterocycles. The zero-order valence-electron chi connectivity index (χ0n) is 11.4. The largest absolute Gasteiger partial charge is 0.299 e. The van der Waals surface area contributed by atoms with Crippen LogP contribution < -0.4 is 20.2 Å². The van der Waals surface area contributed by atoms with E-state index >= 15 is 0 Å². The molecule has 0 radical (unpaired) electrons. The van der Waals surface area contributed by atoms with E-state index in [-0.39, 0.29) is 5.82 Å². The molecule has 1 saturated heterocycles. The predicted molar refractivity (Wildman–Crippen MR) is 83.8 cm³/mol. The average Bonchev–Trinajstić information content (AvgIpc) is 3.03. The summed E-state index contributed by atoms with van der Waals surface area (Å²) in [4.78, 5) is 0. The van der Waals surface area contributed by atoms with E-state index in [9.17, 15) is 4.39 Å². The van der Waals surface area contributed by atoms with Gasteiger partial charge in [0.1, 0.15) is 10.8 Å². The topological polar surface area (TPSA) is 15.3 Å². The summed E-state index contributed by atoms with van der Waals surface area (Å²) >= 11 is 1.72. The van der Waals surface area contributed by atoms with Crippen LogP contribution in [0.4, 0.5) is 9.39 Å². The lowest BCUT2D eigenvalue weighted by Gasteiger charge is -2.14. The molecule has 2 heterocycles. The molecule has 0 atom stereocenters. The molecule has 1 fully saturated rings. The molecule has 3 rings (SSSR count). The lowest BCUT2D eigenvalue weighted by molar-refractivity contribution is 0.626. The molecule has 0 amide bonds. The van der Waals surface area contributed by atoms with Gasteiger partial charge in [-0.2, -0.15) is 0 Å². The Bertz CT molecular complexity index is 729. The standard InChI is InChI=1S/C16H17FN2S/c1-11-8-14(17)5-4-13(11)10-15-12(2)9-16(20-15)19-7-3-6-18-19/h4-5,8-10,18H,2-3,6-7H2,1H3/b15-10-. The molecule has 0 spiro atoms. The number of aryl methyl sites for hydroxylation is 1. The summed E-state index contributed by atoms with van der Waals surface area (Å²) < 4.78 is 14.3. The molecule has 0 saturated carbocycles. The zero-order valence-corrected chi connectivity index (χ0v) is 12.3. The van der Waals surface area contributed by atoms with E-state index in [2.05, 4.69) is 29.2 Å². The fourth-order valence-corrected chi connectivity index (χ4v) is 3.41. The van der Waals surface area contributed by atoms with Crippen LogP contribution in [-0.4, -0.2) is 13.1 Å². The van der Waals surface area contributed by atoms with E-state index in [1.807, 2.05) is 13.0 Å². The number of benzene rings is 1. The molecule has 0 aliphatic carbocycles. The van der Waals surface area contributed by atoms with Crippen LogP contribution in [0.2, 0.25) is 0 Å². The van der Waals surface area contributed by atoms with E-state index in [1.165, 1.54) is 17.5 Å². The molecule has 1 aromatic carbocycles. The second-order valence-corrected chi connectivity index (χ2v) is 6.09. The minimum atomic E-state index is -0.192. The van der Waals surface area contributed by atoms with Gasteiger partial charge in [-0.25, -0.2) is 9.82 Å². The molecule has 1 aliphatic heterocycles. The molecular formula is C16H17FN2S. The Kier molecular flexibility index (Phi) is 3.59. The van der Waals surface area contributed by atoms with Crippen LogP contribution >= 0.6 is 11.3 Å². The predicted octanol–water partition coefficient (Wildman–Crippen LogP) is 2.15. The highest BCUT2D eigenvalue weighted by Gasteiger charge is 2.13. The maximum Gasteiger partial charge on any atom is 0.123 e. The fourth-order valence-electron chi connectivity index (χ4n) is 2.34. The minimum Gasteiger partial charge on any atom is -0.299 e. The number of anilines is 1. The van der Waals surface area contributed by atoms with Crippen molar-refractivity contribution in [1.82, 2.24) is 5.43 Å². The number of hydrazine groups is 1. The van der Waals surface area contributed by atoms with Crippen LogP contribution in [0.15, 0.2) is 24.3 Å². The number of halogens is 1. The number of rotatable bonds is 2. The molecule has 104 valence electrons. The maximum atomic E-state index is 13.1. The molecule has 4 heteroatoms. The first-order valence-electron chi connectivity index (χ1n) is 6.71. The summed E-state index contributed by atoms with van der Waals surface area (Å²) in [5, 5.41) is 4.38. The van der Waals surface area contributed by atoms with Gasteiger partial charge in [-0.1, -0.05) is 12.6 Å². The van der Waals surface area contributed by atoms with Gasteiger partial charge in [0.05, 0.1) is 0 Å². The third-order valence-corrected chi connectivity index (χ3v) is 4.62. The Morgan fingerprint density at radius 1 is 1.40 bits per heavy atom. The van der Waals surface area contributed by atoms with Crippen LogP contribution in [0.5, 0.6) is 0 Å². The van der Waals surface area contributed by atoms with Gasteiger partial charge in [0.15, 0.2) is 0 Å². The second-order valence-electron chi connectivity index (χ2n) is 5.03. The summed E-state index contributed by atoms with van der Waals surface area (Å²) in [6.07, 6.45) is 3.25. The second kappa shape index (κ2) is 5.38. The van der Waals surface area contributed by atoms with Crippen molar-refractivity contribution in [3.8, 4) is 0 Å². The highest BCUT2D eigenvalue weighted by molar-refractivity contribution is 7.14. The SMILES string of the molecule is C=c1cc(N2CCCN2)s/c1=C\c1ccc(F)cc1C. The molecule has 20 heavy (non-hydrogen) atoms. The first-order valence-corrected chi connectivity index (χ1v) is 7.53. The minimum absolute atomic E-state index is 0.192. The van der Waals surface area contributed by atoms with Gasteiger partial charge in [0, 0.05) is 17.6 Å². The van der Waals surface area contributed by atoms with Crippen LogP contribution in [-0.2, 0) is 0 Å². The summed E-state index contributed by atoms with van der Waals surface area (Å²) in [5.74, 6) is -0.192. The van der Waals surface area contributed by atoms with Gasteiger partial charge in [-0.15, -0.1) is 11.3 Å². The Labute approximate surface area is 121 Å². The van der Waals surface area contributed by atoms with Crippen LogP contribution in [0.1, 0.15) is 17.5 Å². The normalized spacial score (nSPS) is 16.1. The smallest absolute Gasteiger partial charge is 0.123 e. The van der Waals surface area contributed by atoms with Crippen molar-refractivity contribution >= 4 is 29.0 Å². The van der Waals surface area contributed by atoms with Gasteiger partial charge < -0.3 is 0 Å². The van der Waals surface area contributed by atoms with Crippen LogP contribution in [0.3, 0.4) is 0 Å². The Hall–Kier alpha value is -1.65. The van der Waals surface area contributed by atoms with Crippen LogP contribution in [0, 0.1) is 12.7 Å². The van der Waals surface area contributed by atoms with E-state index in [0.717, 1.165) is 34.0 Å². The molecule has 0 bridgehead atoms. The van der Waals surface area contributed by atoms with E-state index in [0.29, 0.717) is 0 Å². The number of nitrogens with zero attached hydrogens (tertiary/aromatic N) is 1. The molecular weight excluding hydrogens is 271 g/mol. The first kappa shape index (κ1) is 13.3. The molecule has 2 aromatic rings. The van der Waals surface area contributed by atoms with Gasteiger partial charge in [0.2, 0.25) is 0 Å². The van der Waals surface area contributed by atoms with Gasteiger partial charge in [-0.05, 0) is 54.0 Å². The van der Waals surface area contributed by atoms with E-state index in [1.54, 1.807) is 17.4 Å². The van der Waals surface area contributed by atoms with Gasteiger partial charge in [-0.3, -0.25) is 5.01 Å². The number of hydrogen-bond acceptors (Lipinski definition) is 3. The molecule has 0 unspecified atom stereocenters. The monoisotopic (exact) mass is 288 g/mol. The third kappa shape index (κ3) is 2.62. The maximum absolute atomic E-state index is 13.1. The molecule has 2 nitrogen and oxygen atoms in total. The molecule has 1 aliphatic rings. The van der Waals surface area contributed by atoms with Crippen molar-refractivity contribution in [3.63, 3.8) is 0 Å². The first-order chi connectivity index (χ1) is 9.63. The Balaban J connectivity index is 2.01. The fraction of sp³-hybridized carbons (Fsp3) is 0.250. The quantitative estimate of drug-likeness (QED) is 0.911. The van der Waals surface area contributed by atoms with Crippen molar-refractivity contribution in [2.24, 2.45) is 0 Å². The summed E-state index contributed by atoms with van der Waals surface area (Å²) in [7, 11) is 0. The Morgan fingerprint density at radius 2 is 2.25 bits per heavy atom. The average molecular weight is 288 g/mol. The van der Waals surface area contributed by atoms with Crippen LogP contribution in [0.25, 0.3) is 12.7 Å². The van der Waals surface area contributed by atoms with Gasteiger partial charge >= 0.3 is 0 Å². The van der Waals surface area contributed by atoms with E-state index < -0.39 is 0 Å². The molecule has 1 N–H and O–H groups in total. The Morgan fingerprint density at radius 3 is 2.95 bits per heavy atom. The lowest BCUT2D eigenvalue weighted by Crippen LogP contribution is -2.29. The van der Waals surface area contributed by atoms with Crippen molar-refractivity contribution in [2.75, 3.05) is 18.1 Å². The third-order valence-electron chi connectivity index (χ3n) is 3.47. The number of nitrogens with one attached hydrogen (secondary N) is 1. The summed E-state index contributed by atoms with van der Waals surface area (Å²) in [6, 6.07) is 6.98. The summed E-state index contributed by atoms with van der Waals surface area (Å²) in [5.41, 5.74) is 5.33. The van der Waals surface area contributed by atoms with Crippen molar-refractivity contribution < 1.29 is 4.39 Å². The van der Waals surface area contributed by atoms with Crippen molar-refractivity contribution in [3.05, 3.63) is 51.0 Å². The number of thiophene rings is 1. The van der Waals surface area contributed by atoms with E-state index in [4.69, 9.17) is 0 Å². The zero-order chi connectivity index (χ0) is 14.1. The van der Waals surface area contributed by atoms with Gasteiger partial charge in [0.25, 0.3) is 0 Å². The van der Waals surface area contributed by atoms with Crippen molar-refractivity contribution in [2.45, 2.75) is 13.3 Å².